The van der Waals surface area contributed by atoms with Gasteiger partial charge in [-0.25, -0.2) is 19.2 Å². The van der Waals surface area contributed by atoms with Crippen molar-refractivity contribution in [2.75, 3.05) is 26.4 Å². The number of carbonyl (C=O) groups is 4. The molecule has 102 heavy (non-hydrogen) atoms. The minimum absolute atomic E-state index is 0.181. The maximum absolute atomic E-state index is 14.2. The highest BCUT2D eigenvalue weighted by Crippen LogP contribution is 2.42. The summed E-state index contributed by atoms with van der Waals surface area (Å²) >= 11 is 0. The summed E-state index contributed by atoms with van der Waals surface area (Å²) in [5.41, 5.74) is 0.725. The Morgan fingerprint density at radius 2 is 0.333 bits per heavy atom. The summed E-state index contributed by atoms with van der Waals surface area (Å²) in [7, 11) is 0. The molecule has 5 aromatic rings. The van der Waals surface area contributed by atoms with Crippen LogP contribution in [0.5, 0.6) is 46.0 Å². The van der Waals surface area contributed by atoms with Gasteiger partial charge in [-0.3, -0.25) is 0 Å². The molecule has 0 aliphatic rings. The number of esters is 4. The van der Waals surface area contributed by atoms with Gasteiger partial charge in [-0.15, -0.1) is 0 Å². The highest BCUT2D eigenvalue weighted by Gasteiger charge is 2.26. The van der Waals surface area contributed by atoms with E-state index in [4.69, 9.17) is 37.9 Å². The zero-order valence-corrected chi connectivity index (χ0v) is 64.1. The first-order valence-corrected chi connectivity index (χ1v) is 41.2. The van der Waals surface area contributed by atoms with Crippen LogP contribution in [-0.4, -0.2) is 50.3 Å². The van der Waals surface area contributed by atoms with Gasteiger partial charge in [0.05, 0.1) is 48.7 Å². The zero-order valence-electron chi connectivity index (χ0n) is 64.1. The third-order valence-corrected chi connectivity index (χ3v) is 19.2. The third kappa shape index (κ3) is 39.7. The average molecular weight is 1410 g/mol. The smallest absolute Gasteiger partial charge is 0.343 e. The molecular formula is C90H134O12. The minimum atomic E-state index is -0.795. The Morgan fingerprint density at radius 3 is 0.480 bits per heavy atom. The largest absolute Gasteiger partial charge is 0.494 e. The van der Waals surface area contributed by atoms with E-state index in [1.54, 1.807) is 97.1 Å². The summed E-state index contributed by atoms with van der Waals surface area (Å²) in [4.78, 5) is 56.9. The van der Waals surface area contributed by atoms with Crippen molar-refractivity contribution in [1.29, 1.82) is 0 Å². The second-order valence-electron chi connectivity index (χ2n) is 28.4. The monoisotopic (exact) mass is 1410 g/mol. The van der Waals surface area contributed by atoms with Crippen LogP contribution >= 0.6 is 0 Å². The second-order valence-corrected chi connectivity index (χ2v) is 28.4. The lowest BCUT2D eigenvalue weighted by Crippen LogP contribution is -2.16. The third-order valence-electron chi connectivity index (χ3n) is 19.2. The lowest BCUT2D eigenvalue weighted by Gasteiger charge is -2.16. The topological polar surface area (TPSA) is 142 Å². The van der Waals surface area contributed by atoms with Crippen LogP contribution < -0.4 is 37.9 Å². The molecule has 0 heterocycles. The maximum Gasteiger partial charge on any atom is 0.343 e. The van der Waals surface area contributed by atoms with Gasteiger partial charge in [0, 0.05) is 12.1 Å². The summed E-state index contributed by atoms with van der Waals surface area (Å²) in [6.07, 6.45) is 60.1. The molecule has 12 heteroatoms. The highest BCUT2D eigenvalue weighted by molar-refractivity contribution is 5.96. The number of hydrogen-bond donors (Lipinski definition) is 0. The molecule has 0 aliphatic carbocycles. The molecule has 5 aromatic carbocycles. The molecule has 0 fully saturated rings. The Bertz CT molecular complexity index is 2530. The van der Waals surface area contributed by atoms with Crippen LogP contribution in [-0.2, 0) is 0 Å². The van der Waals surface area contributed by atoms with Gasteiger partial charge in [-0.05, 0) is 123 Å². The molecule has 0 unspecified atom stereocenters. The molecule has 0 saturated heterocycles. The molecule has 0 radical (unpaired) electrons. The van der Waals surface area contributed by atoms with Crippen molar-refractivity contribution < 1.29 is 57.1 Å². The van der Waals surface area contributed by atoms with Gasteiger partial charge in [0.25, 0.3) is 0 Å². The van der Waals surface area contributed by atoms with Gasteiger partial charge in [0.1, 0.15) is 23.0 Å². The van der Waals surface area contributed by atoms with Gasteiger partial charge in [0.15, 0.2) is 23.0 Å². The van der Waals surface area contributed by atoms with Gasteiger partial charge in [0.2, 0.25) is 0 Å². The molecule has 5 rings (SSSR count). The van der Waals surface area contributed by atoms with Crippen LogP contribution in [0.3, 0.4) is 0 Å². The number of rotatable bonds is 64. The van der Waals surface area contributed by atoms with E-state index in [9.17, 15) is 19.2 Å². The van der Waals surface area contributed by atoms with Gasteiger partial charge in [-0.2, -0.15) is 0 Å². The standard InChI is InChI=1S/C90H134O12/c1-5-9-13-17-21-25-29-33-37-41-45-49-69-95-79-61-53-75(54-62-79)87(91)99-83-73-85(101-89(93)77-57-65-81(66-58-77)97-71-51-47-43-39-35-31-27-23-19-15-11-7-3)86(102-90(94)78-59-67-82(68-60-78)98-72-52-48-44-40-36-32-28-24-20-16-12-8-4)74-84(83)100-88(92)76-55-63-80(64-56-76)96-70-50-46-42-38-34-30-26-22-18-14-10-6-2/h53-68,73-74H,5-52,69-72H2,1-4H3. The van der Waals surface area contributed by atoms with Crippen molar-refractivity contribution >= 4 is 23.9 Å². The number of hydrogen-bond acceptors (Lipinski definition) is 12. The molecule has 0 bridgehead atoms. The van der Waals surface area contributed by atoms with E-state index in [1.807, 2.05) is 0 Å². The summed E-state index contributed by atoms with van der Waals surface area (Å²) in [5.74, 6) is -1.83. The fourth-order valence-electron chi connectivity index (χ4n) is 12.8. The Balaban J connectivity index is 1.29. The van der Waals surface area contributed by atoms with Crippen LogP contribution in [0.1, 0.15) is 377 Å². The maximum atomic E-state index is 14.2. The Labute approximate surface area is 617 Å². The van der Waals surface area contributed by atoms with Gasteiger partial charge >= 0.3 is 23.9 Å². The molecule has 0 saturated carbocycles. The molecule has 566 valence electrons. The van der Waals surface area contributed by atoms with Crippen LogP contribution in [0.25, 0.3) is 0 Å². The molecule has 0 N–H and O–H groups in total. The molecule has 0 aliphatic heterocycles. The fourth-order valence-corrected chi connectivity index (χ4v) is 12.8. The van der Waals surface area contributed by atoms with Crippen LogP contribution in [0, 0.1) is 0 Å². The van der Waals surface area contributed by atoms with Crippen molar-refractivity contribution in [3.63, 3.8) is 0 Å². The predicted molar refractivity (Wildman–Crippen MR) is 418 cm³/mol. The Morgan fingerprint density at radius 1 is 0.196 bits per heavy atom. The van der Waals surface area contributed by atoms with E-state index in [2.05, 4.69) is 27.7 Å². The lowest BCUT2D eigenvalue weighted by atomic mass is 10.1. The Hall–Kier alpha value is -6.82. The lowest BCUT2D eigenvalue weighted by molar-refractivity contribution is 0.0662. The van der Waals surface area contributed by atoms with Crippen LogP contribution in [0.4, 0.5) is 0 Å². The molecule has 12 nitrogen and oxygen atoms in total. The van der Waals surface area contributed by atoms with Crippen molar-refractivity contribution in [2.45, 2.75) is 336 Å². The van der Waals surface area contributed by atoms with E-state index in [1.165, 1.54) is 269 Å². The van der Waals surface area contributed by atoms with Gasteiger partial charge < -0.3 is 37.9 Å². The fraction of sp³-hybridized carbons (Fsp3) is 0.622. The van der Waals surface area contributed by atoms with Gasteiger partial charge in [-0.1, -0.05) is 310 Å². The molecule has 0 atom stereocenters. The summed E-state index contributed by atoms with van der Waals surface area (Å²) in [6, 6.07) is 29.0. The molecule has 0 spiro atoms. The molecular weight excluding hydrogens is 1270 g/mol. The van der Waals surface area contributed by atoms with E-state index in [0.717, 1.165) is 51.4 Å². The predicted octanol–water partition coefficient (Wildman–Crippen LogP) is 26.9. The first-order chi connectivity index (χ1) is 50.2. The zero-order chi connectivity index (χ0) is 72.4. The molecule has 0 aromatic heterocycles. The average Bonchev–Trinajstić information content (AvgIpc) is 0.800. The number of carbonyl (C=O) groups excluding carboxylic acids is 4. The van der Waals surface area contributed by atoms with Crippen molar-refractivity contribution in [3.05, 3.63) is 131 Å². The van der Waals surface area contributed by atoms with Crippen molar-refractivity contribution in [3.8, 4) is 46.0 Å². The van der Waals surface area contributed by atoms with E-state index >= 15 is 0 Å². The summed E-state index contributed by atoms with van der Waals surface area (Å²) in [5, 5.41) is 0. The minimum Gasteiger partial charge on any atom is -0.494 e. The highest BCUT2D eigenvalue weighted by atomic mass is 16.6. The quantitative estimate of drug-likeness (QED) is 0.0208. The first-order valence-electron chi connectivity index (χ1n) is 41.2. The first kappa shape index (κ1) is 85.8. The Kier molecular flexibility index (Phi) is 48.4. The van der Waals surface area contributed by atoms with Crippen LogP contribution in [0.15, 0.2) is 109 Å². The number of unbranched alkanes of at least 4 members (excludes halogenated alkanes) is 44. The number of ether oxygens (including phenoxy) is 8. The van der Waals surface area contributed by atoms with E-state index in [-0.39, 0.29) is 45.3 Å². The van der Waals surface area contributed by atoms with Crippen molar-refractivity contribution in [2.24, 2.45) is 0 Å². The summed E-state index contributed by atoms with van der Waals surface area (Å²) in [6.45, 7) is 11.3. The van der Waals surface area contributed by atoms with Crippen LogP contribution in [0.2, 0.25) is 0 Å². The number of benzene rings is 5. The summed E-state index contributed by atoms with van der Waals surface area (Å²) < 4.78 is 48.6. The SMILES string of the molecule is CCCCCCCCCCCCCCOc1ccc(C(=O)Oc2cc(OC(=O)c3ccc(OCCCCCCCCCCCCCC)cc3)c(OC(=O)c3ccc(OCCCCCCCCCCCCCC)cc3)cc2OC(=O)c2ccc(OCCCCCCCCCCCCCC)cc2)cc1. The normalized spacial score (nSPS) is 11.2. The van der Waals surface area contributed by atoms with E-state index in [0.29, 0.717) is 49.4 Å². The second kappa shape index (κ2) is 57.6. The molecule has 0 amide bonds. The van der Waals surface area contributed by atoms with E-state index < -0.39 is 23.9 Å². The van der Waals surface area contributed by atoms with Crippen molar-refractivity contribution in [1.82, 2.24) is 0 Å².